The van der Waals surface area contributed by atoms with Crippen LogP contribution in [0.15, 0.2) is 41.0 Å². The number of nitrogens with zero attached hydrogens (tertiary/aromatic N) is 1. The lowest BCUT2D eigenvalue weighted by atomic mass is 10.1. The molecule has 0 radical (unpaired) electrons. The zero-order valence-corrected chi connectivity index (χ0v) is 12.9. The zero-order valence-electron chi connectivity index (χ0n) is 12.9. The van der Waals surface area contributed by atoms with Gasteiger partial charge in [-0.1, -0.05) is 6.07 Å². The first-order valence-electron chi connectivity index (χ1n) is 7.16. The number of rotatable bonds is 6. The molecule has 0 aliphatic heterocycles. The first-order valence-corrected chi connectivity index (χ1v) is 7.16. The van der Waals surface area contributed by atoms with Crippen LogP contribution in [0.2, 0.25) is 0 Å². The third kappa shape index (κ3) is 4.17. The van der Waals surface area contributed by atoms with Crippen molar-refractivity contribution in [2.45, 2.75) is 32.4 Å². The van der Waals surface area contributed by atoms with Crippen LogP contribution < -0.4 is 5.32 Å². The lowest BCUT2D eigenvalue weighted by Crippen LogP contribution is -2.34. The summed E-state index contributed by atoms with van der Waals surface area (Å²) in [5, 5.41) is 23.7. The largest absolute Gasteiger partial charge is 0.467 e. The highest BCUT2D eigenvalue weighted by atomic mass is 16.6. The summed E-state index contributed by atoms with van der Waals surface area (Å²) >= 11 is 0. The van der Waals surface area contributed by atoms with Gasteiger partial charge in [-0.2, -0.15) is 0 Å². The maximum atomic E-state index is 12.3. The number of amides is 1. The number of carbonyl (C=O) groups excluding carboxylic acids is 1. The summed E-state index contributed by atoms with van der Waals surface area (Å²) in [5.41, 5.74) is 0.519. The van der Waals surface area contributed by atoms with Gasteiger partial charge < -0.3 is 14.8 Å². The molecule has 0 saturated carbocycles. The monoisotopic (exact) mass is 318 g/mol. The molecule has 7 nitrogen and oxygen atoms in total. The Morgan fingerprint density at radius 3 is 2.78 bits per heavy atom. The van der Waals surface area contributed by atoms with Gasteiger partial charge in [0.25, 0.3) is 11.6 Å². The van der Waals surface area contributed by atoms with Crippen molar-refractivity contribution in [1.29, 1.82) is 0 Å². The van der Waals surface area contributed by atoms with Gasteiger partial charge in [-0.15, -0.1) is 0 Å². The number of nitrogens with one attached hydrogen (secondary N) is 1. The number of aliphatic hydroxyl groups excluding tert-OH is 1. The maximum Gasteiger partial charge on any atom is 0.282 e. The van der Waals surface area contributed by atoms with Crippen LogP contribution in [-0.2, 0) is 0 Å². The van der Waals surface area contributed by atoms with Crippen molar-refractivity contribution in [2.75, 3.05) is 0 Å². The molecule has 2 unspecified atom stereocenters. The van der Waals surface area contributed by atoms with E-state index in [1.54, 1.807) is 32.0 Å². The van der Waals surface area contributed by atoms with E-state index in [1.807, 2.05) is 0 Å². The van der Waals surface area contributed by atoms with Crippen LogP contribution in [0.4, 0.5) is 5.69 Å². The smallest absolute Gasteiger partial charge is 0.282 e. The van der Waals surface area contributed by atoms with Crippen LogP contribution >= 0.6 is 0 Å². The highest BCUT2D eigenvalue weighted by molar-refractivity contribution is 5.98. The molecule has 0 fully saturated rings. The Bertz CT molecular complexity index is 697. The fraction of sp³-hybridized carbons (Fsp3) is 0.312. The van der Waals surface area contributed by atoms with Gasteiger partial charge in [0.05, 0.1) is 11.2 Å². The Morgan fingerprint density at radius 1 is 1.43 bits per heavy atom. The van der Waals surface area contributed by atoms with E-state index < -0.39 is 16.9 Å². The number of hydrogen-bond donors (Lipinski definition) is 2. The molecule has 0 saturated heterocycles. The molecule has 0 aliphatic rings. The van der Waals surface area contributed by atoms with E-state index >= 15 is 0 Å². The van der Waals surface area contributed by atoms with Gasteiger partial charge >= 0.3 is 0 Å². The normalized spacial score (nSPS) is 13.3. The van der Waals surface area contributed by atoms with Crippen molar-refractivity contribution in [3.05, 3.63) is 63.6 Å². The molecule has 0 spiro atoms. The van der Waals surface area contributed by atoms with E-state index in [-0.39, 0.29) is 23.7 Å². The second kappa shape index (κ2) is 7.06. The molecule has 1 heterocycles. The van der Waals surface area contributed by atoms with Crippen LogP contribution in [0.3, 0.4) is 0 Å². The Balaban J connectivity index is 2.07. The quantitative estimate of drug-likeness (QED) is 0.629. The summed E-state index contributed by atoms with van der Waals surface area (Å²) in [4.78, 5) is 22.7. The number of nitro benzene ring substituents is 1. The Morgan fingerprint density at radius 2 is 2.17 bits per heavy atom. The Labute approximate surface area is 133 Å². The average molecular weight is 318 g/mol. The molecule has 7 heteroatoms. The second-order valence-electron chi connectivity index (χ2n) is 5.42. The van der Waals surface area contributed by atoms with Gasteiger partial charge in [-0.3, -0.25) is 14.9 Å². The van der Waals surface area contributed by atoms with Gasteiger partial charge in [0.1, 0.15) is 17.4 Å². The lowest BCUT2D eigenvalue weighted by Gasteiger charge is -2.17. The van der Waals surface area contributed by atoms with E-state index in [4.69, 9.17) is 4.42 Å². The molecule has 1 amide bonds. The van der Waals surface area contributed by atoms with E-state index in [0.29, 0.717) is 5.76 Å². The van der Waals surface area contributed by atoms with Gasteiger partial charge in [0, 0.05) is 18.5 Å². The SMILES string of the molecule is Cc1ccc([N+](=O)[O-])c(C(=O)NC(C)CC(O)c2ccco2)c1. The minimum absolute atomic E-state index is 0.00865. The molecule has 2 rings (SSSR count). The van der Waals surface area contributed by atoms with Crippen molar-refractivity contribution < 1.29 is 19.2 Å². The summed E-state index contributed by atoms with van der Waals surface area (Å²) < 4.78 is 5.10. The number of aliphatic hydroxyl groups is 1. The predicted octanol–water partition coefficient (Wildman–Crippen LogP) is 2.74. The molecule has 2 aromatic rings. The summed E-state index contributed by atoms with van der Waals surface area (Å²) in [6.07, 6.45) is 0.837. The number of carbonyl (C=O) groups is 1. The van der Waals surface area contributed by atoms with Crippen LogP contribution in [0.25, 0.3) is 0 Å². The van der Waals surface area contributed by atoms with Crippen molar-refractivity contribution in [1.82, 2.24) is 5.32 Å². The van der Waals surface area contributed by atoms with Crippen molar-refractivity contribution >= 4 is 11.6 Å². The highest BCUT2D eigenvalue weighted by Gasteiger charge is 2.22. The molecule has 23 heavy (non-hydrogen) atoms. The van der Waals surface area contributed by atoms with Crippen molar-refractivity contribution in [2.24, 2.45) is 0 Å². The average Bonchev–Trinajstić information content (AvgIpc) is 3.00. The predicted molar refractivity (Wildman–Crippen MR) is 83.0 cm³/mol. The number of furan rings is 1. The number of nitro groups is 1. The van der Waals surface area contributed by atoms with E-state index in [9.17, 15) is 20.0 Å². The molecule has 2 atom stereocenters. The fourth-order valence-corrected chi connectivity index (χ4v) is 2.28. The van der Waals surface area contributed by atoms with Gasteiger partial charge in [-0.25, -0.2) is 0 Å². The van der Waals surface area contributed by atoms with Crippen LogP contribution in [0.5, 0.6) is 0 Å². The number of benzene rings is 1. The summed E-state index contributed by atoms with van der Waals surface area (Å²) in [6.45, 7) is 3.47. The topological polar surface area (TPSA) is 106 Å². The molecular weight excluding hydrogens is 300 g/mol. The molecular formula is C16H18N2O5. The standard InChI is InChI=1S/C16H18N2O5/c1-10-5-6-13(18(21)22)12(8-10)16(20)17-11(2)9-14(19)15-4-3-7-23-15/h3-8,11,14,19H,9H2,1-2H3,(H,17,20). The third-order valence-electron chi connectivity index (χ3n) is 3.42. The highest BCUT2D eigenvalue weighted by Crippen LogP contribution is 2.21. The second-order valence-corrected chi connectivity index (χ2v) is 5.42. The molecule has 2 N–H and O–H groups in total. The van der Waals surface area contributed by atoms with Crippen LogP contribution in [0, 0.1) is 17.0 Å². The van der Waals surface area contributed by atoms with Crippen molar-refractivity contribution in [3.63, 3.8) is 0 Å². The summed E-state index contributed by atoms with van der Waals surface area (Å²) in [6, 6.07) is 7.29. The minimum atomic E-state index is -0.854. The zero-order chi connectivity index (χ0) is 17.0. The maximum absolute atomic E-state index is 12.3. The third-order valence-corrected chi connectivity index (χ3v) is 3.42. The Hall–Kier alpha value is -2.67. The Kier molecular flexibility index (Phi) is 5.13. The number of hydrogen-bond acceptors (Lipinski definition) is 5. The number of aryl methyl sites for hydroxylation is 1. The van der Waals surface area contributed by atoms with E-state index in [1.165, 1.54) is 18.4 Å². The molecule has 0 aliphatic carbocycles. The first kappa shape index (κ1) is 16.7. The summed E-state index contributed by atoms with van der Waals surface area (Å²) in [7, 11) is 0. The molecule has 122 valence electrons. The fourth-order valence-electron chi connectivity index (χ4n) is 2.28. The van der Waals surface area contributed by atoms with Crippen LogP contribution in [0.1, 0.15) is 41.1 Å². The molecule has 1 aromatic carbocycles. The lowest BCUT2D eigenvalue weighted by molar-refractivity contribution is -0.385. The molecule has 1 aromatic heterocycles. The van der Waals surface area contributed by atoms with Gasteiger partial charge in [0.2, 0.25) is 0 Å². The van der Waals surface area contributed by atoms with Crippen molar-refractivity contribution in [3.8, 4) is 0 Å². The summed E-state index contributed by atoms with van der Waals surface area (Å²) in [5.74, 6) is -0.132. The van der Waals surface area contributed by atoms with E-state index in [2.05, 4.69) is 5.32 Å². The van der Waals surface area contributed by atoms with Gasteiger partial charge in [-0.05, 0) is 37.6 Å². The van der Waals surface area contributed by atoms with Gasteiger partial charge in [0.15, 0.2) is 0 Å². The van der Waals surface area contributed by atoms with Crippen LogP contribution in [-0.4, -0.2) is 22.0 Å². The first-order chi connectivity index (χ1) is 10.9. The van der Waals surface area contributed by atoms with E-state index in [0.717, 1.165) is 5.56 Å². The molecule has 0 bridgehead atoms. The minimum Gasteiger partial charge on any atom is -0.467 e.